The summed E-state index contributed by atoms with van der Waals surface area (Å²) >= 11 is 19.5. The Morgan fingerprint density at radius 2 is 1.65 bits per heavy atom. The van der Waals surface area contributed by atoms with Crippen molar-refractivity contribution < 1.29 is 24.1 Å². The van der Waals surface area contributed by atoms with E-state index in [-0.39, 0.29) is 11.5 Å². The standard InChI is InChI=1S/C28H24Cl3N3O5S/c1-4-34-26(18-10-21(37-2)14-22(11-18)38-3)32-33-28(34)40-25(27(35)36)12-17-9-19(29)7-8-24(17)39-15-16-5-6-20(30)13-23(16)31/h5-14H,4,15H2,1-3H3,(H,35,36)/b25-12-. The highest BCUT2D eigenvalue weighted by molar-refractivity contribution is 8.04. The van der Waals surface area contributed by atoms with Crippen LogP contribution in [-0.4, -0.2) is 40.1 Å². The summed E-state index contributed by atoms with van der Waals surface area (Å²) in [5, 5.41) is 20.5. The molecule has 1 heterocycles. The highest BCUT2D eigenvalue weighted by atomic mass is 35.5. The number of carboxylic acids is 1. The lowest BCUT2D eigenvalue weighted by atomic mass is 10.2. The van der Waals surface area contributed by atoms with Gasteiger partial charge >= 0.3 is 5.97 Å². The Morgan fingerprint density at radius 1 is 0.975 bits per heavy atom. The molecule has 0 bridgehead atoms. The number of thioether (sulfide) groups is 1. The van der Waals surface area contributed by atoms with Crippen LogP contribution in [0.4, 0.5) is 0 Å². The number of carboxylic acid groups (broad SMARTS) is 1. The van der Waals surface area contributed by atoms with Crippen LogP contribution in [0.1, 0.15) is 18.1 Å². The van der Waals surface area contributed by atoms with E-state index in [2.05, 4.69) is 10.2 Å². The van der Waals surface area contributed by atoms with E-state index in [1.165, 1.54) is 6.08 Å². The maximum absolute atomic E-state index is 12.3. The van der Waals surface area contributed by atoms with Gasteiger partial charge in [-0.1, -0.05) is 40.9 Å². The van der Waals surface area contributed by atoms with Gasteiger partial charge in [0.1, 0.15) is 28.8 Å². The van der Waals surface area contributed by atoms with Crippen LogP contribution in [0.5, 0.6) is 17.2 Å². The average Bonchev–Trinajstić information content (AvgIpc) is 3.35. The highest BCUT2D eigenvalue weighted by Gasteiger charge is 2.20. The zero-order valence-electron chi connectivity index (χ0n) is 21.7. The van der Waals surface area contributed by atoms with E-state index in [4.69, 9.17) is 49.0 Å². The molecule has 4 aromatic rings. The first-order valence-corrected chi connectivity index (χ1v) is 13.8. The van der Waals surface area contributed by atoms with E-state index in [1.54, 1.807) is 56.7 Å². The van der Waals surface area contributed by atoms with Crippen molar-refractivity contribution in [2.24, 2.45) is 0 Å². The van der Waals surface area contributed by atoms with Crippen molar-refractivity contribution in [3.63, 3.8) is 0 Å². The van der Waals surface area contributed by atoms with Gasteiger partial charge in [0, 0.05) is 44.4 Å². The predicted molar refractivity (Wildman–Crippen MR) is 158 cm³/mol. The number of ether oxygens (including phenoxy) is 3. The van der Waals surface area contributed by atoms with Gasteiger partial charge in [0.15, 0.2) is 11.0 Å². The average molecular weight is 621 g/mol. The Labute approximate surface area is 250 Å². The van der Waals surface area contributed by atoms with Crippen LogP contribution in [0.3, 0.4) is 0 Å². The zero-order valence-corrected chi connectivity index (χ0v) is 24.7. The minimum absolute atomic E-state index is 0.00600. The van der Waals surface area contributed by atoms with Crippen LogP contribution in [0, 0.1) is 0 Å². The lowest BCUT2D eigenvalue weighted by Gasteiger charge is -2.12. The second-order valence-electron chi connectivity index (χ2n) is 8.27. The number of aliphatic carboxylic acids is 1. The Hall–Kier alpha value is -3.37. The number of hydrogen-bond donors (Lipinski definition) is 1. The minimum Gasteiger partial charge on any atom is -0.497 e. The Bertz CT molecular complexity index is 1550. The first kappa shape index (κ1) is 29.6. The fourth-order valence-electron chi connectivity index (χ4n) is 3.73. The third-order valence-corrected chi connectivity index (χ3v) is 7.53. The van der Waals surface area contributed by atoms with Crippen molar-refractivity contribution in [2.45, 2.75) is 25.2 Å². The summed E-state index contributed by atoms with van der Waals surface area (Å²) in [5.41, 5.74) is 1.91. The molecule has 0 fully saturated rings. The molecule has 0 spiro atoms. The molecule has 0 aliphatic carbocycles. The fraction of sp³-hybridized carbons (Fsp3) is 0.179. The molecule has 0 aliphatic rings. The van der Waals surface area contributed by atoms with E-state index in [0.717, 1.165) is 17.3 Å². The van der Waals surface area contributed by atoms with Crippen LogP contribution in [0.25, 0.3) is 17.5 Å². The normalized spacial score (nSPS) is 11.4. The molecular formula is C28H24Cl3N3O5S. The maximum atomic E-state index is 12.3. The number of benzene rings is 3. The Balaban J connectivity index is 1.66. The molecule has 3 aromatic carbocycles. The van der Waals surface area contributed by atoms with Crippen LogP contribution in [-0.2, 0) is 17.9 Å². The van der Waals surface area contributed by atoms with Crippen molar-refractivity contribution in [1.82, 2.24) is 14.8 Å². The molecule has 0 saturated carbocycles. The van der Waals surface area contributed by atoms with Gasteiger partial charge in [-0.3, -0.25) is 0 Å². The zero-order chi connectivity index (χ0) is 28.8. The number of carbonyl (C=O) groups is 1. The number of halogens is 3. The van der Waals surface area contributed by atoms with Gasteiger partial charge in [-0.15, -0.1) is 10.2 Å². The maximum Gasteiger partial charge on any atom is 0.342 e. The molecule has 208 valence electrons. The Kier molecular flexibility index (Phi) is 9.86. The van der Waals surface area contributed by atoms with Crippen molar-refractivity contribution in [2.75, 3.05) is 14.2 Å². The first-order valence-electron chi connectivity index (χ1n) is 11.9. The molecule has 8 nitrogen and oxygen atoms in total. The van der Waals surface area contributed by atoms with Crippen molar-refractivity contribution >= 4 is 58.6 Å². The number of rotatable bonds is 11. The molecule has 0 atom stereocenters. The monoisotopic (exact) mass is 619 g/mol. The van der Waals surface area contributed by atoms with Crippen LogP contribution < -0.4 is 14.2 Å². The number of methoxy groups -OCH3 is 2. The lowest BCUT2D eigenvalue weighted by Crippen LogP contribution is -2.03. The minimum atomic E-state index is -1.15. The number of nitrogens with zero attached hydrogens (tertiary/aromatic N) is 3. The van der Waals surface area contributed by atoms with Gasteiger partial charge < -0.3 is 23.9 Å². The van der Waals surface area contributed by atoms with Gasteiger partial charge in [0.2, 0.25) is 0 Å². The van der Waals surface area contributed by atoms with E-state index in [1.807, 2.05) is 23.6 Å². The second-order valence-corrected chi connectivity index (χ2v) is 10.6. The molecule has 1 N–H and O–H groups in total. The second kappa shape index (κ2) is 13.3. The van der Waals surface area contributed by atoms with Crippen molar-refractivity contribution in [3.8, 4) is 28.6 Å². The van der Waals surface area contributed by atoms with Gasteiger partial charge in [0.25, 0.3) is 0 Å². The van der Waals surface area contributed by atoms with Gasteiger partial charge in [-0.05, 0) is 67.2 Å². The smallest absolute Gasteiger partial charge is 0.342 e. The molecule has 0 unspecified atom stereocenters. The van der Waals surface area contributed by atoms with Gasteiger partial charge in [0.05, 0.1) is 14.2 Å². The van der Waals surface area contributed by atoms with Crippen molar-refractivity contribution in [1.29, 1.82) is 0 Å². The number of aromatic nitrogens is 3. The molecule has 0 radical (unpaired) electrons. The molecule has 1 aromatic heterocycles. The third kappa shape index (κ3) is 7.03. The number of hydrogen-bond acceptors (Lipinski definition) is 7. The lowest BCUT2D eigenvalue weighted by molar-refractivity contribution is -0.131. The summed E-state index contributed by atoms with van der Waals surface area (Å²) in [5.74, 6) is 1.00. The van der Waals surface area contributed by atoms with Crippen LogP contribution in [0.15, 0.2) is 64.7 Å². The summed E-state index contributed by atoms with van der Waals surface area (Å²) < 4.78 is 18.6. The molecule has 40 heavy (non-hydrogen) atoms. The predicted octanol–water partition coefficient (Wildman–Crippen LogP) is 7.74. The van der Waals surface area contributed by atoms with E-state index in [0.29, 0.717) is 61.0 Å². The third-order valence-electron chi connectivity index (χ3n) is 5.71. The van der Waals surface area contributed by atoms with E-state index < -0.39 is 5.97 Å². The Morgan fingerprint density at radius 3 is 2.27 bits per heavy atom. The van der Waals surface area contributed by atoms with E-state index in [9.17, 15) is 9.90 Å². The van der Waals surface area contributed by atoms with E-state index >= 15 is 0 Å². The van der Waals surface area contributed by atoms with Crippen LogP contribution in [0.2, 0.25) is 15.1 Å². The first-order chi connectivity index (χ1) is 19.2. The van der Waals surface area contributed by atoms with Crippen molar-refractivity contribution in [3.05, 3.63) is 85.7 Å². The SMILES string of the molecule is CCn1c(S/C(=C\c2cc(Cl)ccc2OCc2ccc(Cl)cc2Cl)C(=O)O)nnc1-c1cc(OC)cc(OC)c1. The van der Waals surface area contributed by atoms with Gasteiger partial charge in [-0.2, -0.15) is 0 Å². The molecule has 4 rings (SSSR count). The van der Waals surface area contributed by atoms with Crippen LogP contribution >= 0.6 is 46.6 Å². The molecular weight excluding hydrogens is 597 g/mol. The largest absolute Gasteiger partial charge is 0.497 e. The highest BCUT2D eigenvalue weighted by Crippen LogP contribution is 2.35. The molecule has 0 saturated heterocycles. The molecule has 0 amide bonds. The summed E-state index contributed by atoms with van der Waals surface area (Å²) in [6.45, 7) is 2.55. The quantitative estimate of drug-likeness (QED) is 0.134. The topological polar surface area (TPSA) is 95.7 Å². The summed E-state index contributed by atoms with van der Waals surface area (Å²) in [4.78, 5) is 12.3. The summed E-state index contributed by atoms with van der Waals surface area (Å²) in [6.07, 6.45) is 1.49. The molecule has 12 heteroatoms. The summed E-state index contributed by atoms with van der Waals surface area (Å²) in [6, 6.07) is 15.4. The molecule has 0 aliphatic heterocycles. The fourth-order valence-corrected chi connectivity index (χ4v) is 5.25. The van der Waals surface area contributed by atoms with Gasteiger partial charge in [-0.25, -0.2) is 4.79 Å². The summed E-state index contributed by atoms with van der Waals surface area (Å²) in [7, 11) is 3.12.